The van der Waals surface area contributed by atoms with Crippen molar-refractivity contribution in [2.45, 2.75) is 46.4 Å². The van der Waals surface area contributed by atoms with Gasteiger partial charge >= 0.3 is 6.03 Å². The van der Waals surface area contributed by atoms with Crippen molar-refractivity contribution in [1.82, 2.24) is 15.0 Å². The van der Waals surface area contributed by atoms with E-state index in [0.29, 0.717) is 47.2 Å². The largest absolute Gasteiger partial charge is 0.488 e. The Labute approximate surface area is 264 Å². The van der Waals surface area contributed by atoms with E-state index in [0.717, 1.165) is 6.54 Å². The number of benzene rings is 3. The summed E-state index contributed by atoms with van der Waals surface area (Å²) in [5.74, 6) is 0.646. The molecule has 0 bridgehead atoms. The molecule has 3 N–H and O–H groups in total. The van der Waals surface area contributed by atoms with Crippen LogP contribution >= 0.6 is 0 Å². The van der Waals surface area contributed by atoms with Crippen LogP contribution in [-0.2, 0) is 6.54 Å². The van der Waals surface area contributed by atoms with E-state index >= 15 is 0 Å². The molecule has 3 amide bonds. The second-order valence-electron chi connectivity index (χ2n) is 11.9. The quantitative estimate of drug-likeness (QED) is 0.214. The van der Waals surface area contributed by atoms with Gasteiger partial charge in [-0.05, 0) is 62.7 Å². The highest BCUT2D eigenvalue weighted by atomic mass is 16.5. The summed E-state index contributed by atoms with van der Waals surface area (Å²) in [6, 6.07) is 23.0. The third-order valence-electron chi connectivity index (χ3n) is 8.20. The summed E-state index contributed by atoms with van der Waals surface area (Å²) in [5, 5.41) is 19.4. The van der Waals surface area contributed by atoms with Crippen LogP contribution in [0.1, 0.15) is 41.2 Å². The SMILES string of the molecule is Cc1noc(C)c1NC(=O)Nc1ccc2c(c1)C(=O)N([C@@H](C)CO)C[C@H](C)[C@H](CN(C)Cc1ccc(-c3ccccc3)cc1)O2. The topological polar surface area (TPSA) is 120 Å². The molecule has 10 nitrogen and oxygen atoms in total. The van der Waals surface area contributed by atoms with Crippen molar-refractivity contribution in [3.8, 4) is 16.9 Å². The molecule has 0 spiro atoms. The number of aryl methyl sites for hydroxylation is 2. The van der Waals surface area contributed by atoms with Gasteiger partial charge in [0.1, 0.15) is 23.2 Å². The Hall–Kier alpha value is -4.67. The summed E-state index contributed by atoms with van der Waals surface area (Å²) in [5.41, 5.74) is 5.35. The van der Waals surface area contributed by atoms with Crippen molar-refractivity contribution in [2.24, 2.45) is 5.92 Å². The first-order valence-electron chi connectivity index (χ1n) is 15.2. The van der Waals surface area contributed by atoms with Crippen LogP contribution in [0, 0.1) is 19.8 Å². The van der Waals surface area contributed by atoms with Crippen LogP contribution in [-0.4, -0.2) is 70.9 Å². The zero-order valence-corrected chi connectivity index (χ0v) is 26.4. The zero-order valence-electron chi connectivity index (χ0n) is 26.4. The summed E-state index contributed by atoms with van der Waals surface area (Å²) in [6.07, 6.45) is -0.236. The predicted molar refractivity (Wildman–Crippen MR) is 174 cm³/mol. The normalized spacial score (nSPS) is 17.2. The Morgan fingerprint density at radius 2 is 1.78 bits per heavy atom. The molecule has 0 aliphatic carbocycles. The smallest absolute Gasteiger partial charge is 0.323 e. The van der Waals surface area contributed by atoms with Crippen LogP contribution in [0.25, 0.3) is 11.1 Å². The number of hydrogen-bond acceptors (Lipinski definition) is 7. The molecule has 1 aromatic heterocycles. The van der Waals surface area contributed by atoms with Crippen molar-refractivity contribution in [1.29, 1.82) is 0 Å². The number of amides is 3. The number of likely N-dealkylation sites (N-methyl/N-ethyl adjacent to an activating group) is 1. The second kappa shape index (κ2) is 14.0. The number of anilines is 2. The fraction of sp³-hybridized carbons (Fsp3) is 0.343. The van der Waals surface area contributed by atoms with Gasteiger partial charge in [0.2, 0.25) is 0 Å². The second-order valence-corrected chi connectivity index (χ2v) is 11.9. The number of carbonyl (C=O) groups is 2. The molecule has 10 heteroatoms. The predicted octanol–water partition coefficient (Wildman–Crippen LogP) is 5.95. The van der Waals surface area contributed by atoms with E-state index < -0.39 is 12.1 Å². The van der Waals surface area contributed by atoms with E-state index in [4.69, 9.17) is 9.26 Å². The molecule has 0 unspecified atom stereocenters. The van der Waals surface area contributed by atoms with Crippen LogP contribution in [0.2, 0.25) is 0 Å². The van der Waals surface area contributed by atoms with E-state index in [1.165, 1.54) is 16.7 Å². The molecule has 5 rings (SSSR count). The first-order valence-corrected chi connectivity index (χ1v) is 15.2. The van der Waals surface area contributed by atoms with Gasteiger partial charge in [-0.2, -0.15) is 0 Å². The lowest BCUT2D eigenvalue weighted by molar-refractivity contribution is 0.0341. The summed E-state index contributed by atoms with van der Waals surface area (Å²) >= 11 is 0. The Balaban J connectivity index is 1.33. The highest BCUT2D eigenvalue weighted by molar-refractivity contribution is 6.03. The van der Waals surface area contributed by atoms with Crippen molar-refractivity contribution in [3.05, 3.63) is 95.4 Å². The van der Waals surface area contributed by atoms with Gasteiger partial charge in [0, 0.05) is 31.2 Å². The Kier molecular flexibility index (Phi) is 9.85. The average Bonchev–Trinajstić information content (AvgIpc) is 3.35. The maximum Gasteiger partial charge on any atom is 0.323 e. The summed E-state index contributed by atoms with van der Waals surface area (Å²) in [4.78, 5) is 30.5. The highest BCUT2D eigenvalue weighted by Crippen LogP contribution is 2.31. The lowest BCUT2D eigenvalue weighted by Gasteiger charge is -2.38. The minimum absolute atomic E-state index is 0.0161. The zero-order chi connectivity index (χ0) is 32.1. The third-order valence-corrected chi connectivity index (χ3v) is 8.20. The van der Waals surface area contributed by atoms with E-state index in [1.54, 1.807) is 36.9 Å². The number of fused-ring (bicyclic) bond motifs is 1. The Morgan fingerprint density at radius 1 is 1.07 bits per heavy atom. The molecule has 0 saturated heterocycles. The van der Waals surface area contributed by atoms with E-state index in [1.807, 2.05) is 25.1 Å². The first-order chi connectivity index (χ1) is 21.6. The Morgan fingerprint density at radius 3 is 2.44 bits per heavy atom. The minimum Gasteiger partial charge on any atom is -0.488 e. The lowest BCUT2D eigenvalue weighted by atomic mass is 9.99. The third kappa shape index (κ3) is 7.53. The molecule has 3 aromatic carbocycles. The van der Waals surface area contributed by atoms with Gasteiger partial charge in [-0.15, -0.1) is 0 Å². The van der Waals surface area contributed by atoms with Crippen LogP contribution in [0.4, 0.5) is 16.2 Å². The number of ether oxygens (including phenoxy) is 1. The van der Waals surface area contributed by atoms with Crippen LogP contribution < -0.4 is 15.4 Å². The van der Waals surface area contributed by atoms with Crippen molar-refractivity contribution >= 4 is 23.3 Å². The molecule has 3 atom stereocenters. The molecule has 0 saturated carbocycles. The molecule has 1 aliphatic rings. The first kappa shape index (κ1) is 31.7. The van der Waals surface area contributed by atoms with Gasteiger partial charge in [0.05, 0.1) is 18.2 Å². The van der Waals surface area contributed by atoms with E-state index in [2.05, 4.69) is 71.1 Å². The van der Waals surface area contributed by atoms with Gasteiger partial charge in [-0.25, -0.2) is 4.79 Å². The molecule has 0 fully saturated rings. The molecule has 236 valence electrons. The van der Waals surface area contributed by atoms with Gasteiger partial charge in [0.25, 0.3) is 5.91 Å². The lowest BCUT2D eigenvalue weighted by Crippen LogP contribution is -2.49. The number of aliphatic hydroxyl groups excluding tert-OH is 1. The number of hydrogen-bond donors (Lipinski definition) is 3. The average molecular weight is 612 g/mol. The summed E-state index contributed by atoms with van der Waals surface area (Å²) in [6.45, 7) is 8.93. The molecule has 45 heavy (non-hydrogen) atoms. The van der Waals surface area contributed by atoms with Crippen LogP contribution in [0.5, 0.6) is 5.75 Å². The van der Waals surface area contributed by atoms with Gasteiger partial charge in [-0.1, -0.05) is 66.7 Å². The van der Waals surface area contributed by atoms with Gasteiger partial charge < -0.3 is 29.9 Å². The summed E-state index contributed by atoms with van der Waals surface area (Å²) in [7, 11) is 2.06. The summed E-state index contributed by atoms with van der Waals surface area (Å²) < 4.78 is 11.7. The standard InChI is InChI=1S/C35H41N5O5/c1-22-18-40(23(2)21-41)34(42)30-17-29(36-35(43)37-33-24(3)38-45-25(33)4)15-16-31(30)44-32(22)20-39(5)19-26-11-13-28(14-12-26)27-9-7-6-8-10-27/h6-17,22-23,32,41H,18-21H2,1-5H3,(H2,36,37,43)/t22-,23-,32-/m0/s1. The Bertz CT molecular complexity index is 1600. The molecular formula is C35H41N5O5. The number of nitrogens with zero attached hydrogens (tertiary/aromatic N) is 3. The van der Waals surface area contributed by atoms with Crippen molar-refractivity contribution in [3.63, 3.8) is 0 Å². The fourth-order valence-corrected chi connectivity index (χ4v) is 5.57. The molecule has 2 heterocycles. The number of urea groups is 1. The number of aromatic nitrogens is 1. The molecular weight excluding hydrogens is 570 g/mol. The molecule has 0 radical (unpaired) electrons. The maximum absolute atomic E-state index is 13.8. The van der Waals surface area contributed by atoms with Crippen LogP contribution in [0.3, 0.4) is 0 Å². The van der Waals surface area contributed by atoms with E-state index in [-0.39, 0.29) is 24.5 Å². The number of aliphatic hydroxyl groups is 1. The minimum atomic E-state index is -0.492. The number of nitrogens with one attached hydrogen (secondary N) is 2. The van der Waals surface area contributed by atoms with Crippen molar-refractivity contribution in [2.75, 3.05) is 37.4 Å². The number of rotatable bonds is 9. The van der Waals surface area contributed by atoms with Crippen molar-refractivity contribution < 1.29 is 24.0 Å². The highest BCUT2D eigenvalue weighted by Gasteiger charge is 2.33. The monoisotopic (exact) mass is 611 g/mol. The fourth-order valence-electron chi connectivity index (χ4n) is 5.57. The van der Waals surface area contributed by atoms with Crippen LogP contribution in [0.15, 0.2) is 77.3 Å². The molecule has 1 aliphatic heterocycles. The van der Waals surface area contributed by atoms with E-state index in [9.17, 15) is 14.7 Å². The molecule has 4 aromatic rings. The van der Waals surface area contributed by atoms with Gasteiger partial charge in [-0.3, -0.25) is 9.69 Å². The van der Waals surface area contributed by atoms with Gasteiger partial charge in [0.15, 0.2) is 5.76 Å². The number of carbonyl (C=O) groups excluding carboxylic acids is 2. The maximum atomic E-state index is 13.8.